The molecule has 114 valence electrons. The third-order valence-corrected chi connectivity index (χ3v) is 4.28. The van der Waals surface area contributed by atoms with Crippen molar-refractivity contribution in [3.05, 3.63) is 47.7 Å². The molecule has 6 heteroatoms. The standard InChI is InChI=1S/C16H17N3O2S/c1-20-12-7-11(8-13(9-12)21-2)10-17-19-16-18-14-5-3-4-6-15(14)22-16/h3-8,10,12H,9H2,1-2H3,(H,18,19)/b17-10+. The molecular weight excluding hydrogens is 298 g/mol. The molecule has 0 spiro atoms. The molecule has 0 amide bonds. The topological polar surface area (TPSA) is 55.7 Å². The molecular formula is C16H17N3O2S. The Labute approximate surface area is 133 Å². The van der Waals surface area contributed by atoms with Crippen LogP contribution in [-0.2, 0) is 9.47 Å². The molecule has 1 aliphatic carbocycles. The molecule has 1 N–H and O–H groups in total. The average Bonchev–Trinajstić information content (AvgIpc) is 2.97. The maximum Gasteiger partial charge on any atom is 0.204 e. The van der Waals surface area contributed by atoms with Crippen LogP contribution < -0.4 is 5.43 Å². The second kappa shape index (κ2) is 6.72. The summed E-state index contributed by atoms with van der Waals surface area (Å²) in [5.74, 6) is 0.885. The molecule has 1 aromatic heterocycles. The predicted molar refractivity (Wildman–Crippen MR) is 90.3 cm³/mol. The summed E-state index contributed by atoms with van der Waals surface area (Å²) in [5.41, 5.74) is 4.90. The smallest absolute Gasteiger partial charge is 0.204 e. The quantitative estimate of drug-likeness (QED) is 0.677. The lowest BCUT2D eigenvalue weighted by molar-refractivity contribution is 0.121. The molecule has 1 heterocycles. The number of allylic oxidation sites excluding steroid dienone is 2. The largest absolute Gasteiger partial charge is 0.501 e. The molecule has 1 unspecified atom stereocenters. The zero-order chi connectivity index (χ0) is 15.4. The Morgan fingerprint density at radius 3 is 3.00 bits per heavy atom. The fourth-order valence-corrected chi connectivity index (χ4v) is 3.04. The Morgan fingerprint density at radius 1 is 1.36 bits per heavy atom. The number of para-hydroxylation sites is 1. The van der Waals surface area contributed by atoms with Gasteiger partial charge >= 0.3 is 0 Å². The lowest BCUT2D eigenvalue weighted by Gasteiger charge is -2.18. The first-order valence-electron chi connectivity index (χ1n) is 6.92. The van der Waals surface area contributed by atoms with E-state index in [0.717, 1.165) is 33.1 Å². The Kier molecular flexibility index (Phi) is 4.50. The van der Waals surface area contributed by atoms with Crippen LogP contribution in [0, 0.1) is 0 Å². The number of rotatable bonds is 5. The third kappa shape index (κ3) is 3.35. The van der Waals surface area contributed by atoms with Gasteiger partial charge in [-0.2, -0.15) is 5.10 Å². The van der Waals surface area contributed by atoms with Crippen molar-refractivity contribution < 1.29 is 9.47 Å². The Balaban J connectivity index is 1.70. The molecule has 0 radical (unpaired) electrons. The highest BCUT2D eigenvalue weighted by Crippen LogP contribution is 2.25. The van der Waals surface area contributed by atoms with Crippen molar-refractivity contribution in [2.75, 3.05) is 19.6 Å². The highest BCUT2D eigenvalue weighted by Gasteiger charge is 2.14. The number of hydrogen-bond donors (Lipinski definition) is 1. The lowest BCUT2D eigenvalue weighted by atomic mass is 10.0. The molecule has 0 bridgehead atoms. The van der Waals surface area contributed by atoms with E-state index in [2.05, 4.69) is 15.5 Å². The van der Waals surface area contributed by atoms with Crippen molar-refractivity contribution in [1.29, 1.82) is 0 Å². The minimum Gasteiger partial charge on any atom is -0.501 e. The number of nitrogens with zero attached hydrogens (tertiary/aromatic N) is 2. The molecule has 0 saturated carbocycles. The zero-order valence-corrected chi connectivity index (χ0v) is 13.3. The molecule has 5 nitrogen and oxygen atoms in total. The minimum atomic E-state index is 0.0175. The van der Waals surface area contributed by atoms with Crippen LogP contribution in [0.4, 0.5) is 5.13 Å². The normalized spacial score (nSPS) is 18.4. The summed E-state index contributed by atoms with van der Waals surface area (Å²) in [7, 11) is 3.35. The number of anilines is 1. The van der Waals surface area contributed by atoms with Gasteiger partial charge < -0.3 is 9.47 Å². The van der Waals surface area contributed by atoms with Crippen molar-refractivity contribution in [2.24, 2.45) is 5.10 Å². The van der Waals surface area contributed by atoms with Crippen molar-refractivity contribution in [3.8, 4) is 0 Å². The van der Waals surface area contributed by atoms with Gasteiger partial charge in [-0.15, -0.1) is 0 Å². The Hall–Kier alpha value is -2.18. The Morgan fingerprint density at radius 2 is 2.23 bits per heavy atom. The fourth-order valence-electron chi connectivity index (χ4n) is 2.22. The molecule has 22 heavy (non-hydrogen) atoms. The number of methoxy groups -OCH3 is 2. The summed E-state index contributed by atoms with van der Waals surface area (Å²) in [5, 5.41) is 5.02. The van der Waals surface area contributed by atoms with Gasteiger partial charge in [0.05, 0.1) is 35.4 Å². The molecule has 2 aromatic rings. The number of nitrogens with one attached hydrogen (secondary N) is 1. The van der Waals surface area contributed by atoms with Crippen LogP contribution in [0.15, 0.2) is 52.9 Å². The van der Waals surface area contributed by atoms with Crippen LogP contribution >= 0.6 is 11.3 Å². The number of thiazole rings is 1. The SMILES string of the molecule is COC1=CC(/C=N/Nc2nc3ccccc3s2)=CC(OC)C1. The van der Waals surface area contributed by atoms with Gasteiger partial charge in [0.2, 0.25) is 5.13 Å². The highest BCUT2D eigenvalue weighted by atomic mass is 32.1. The molecule has 0 aliphatic heterocycles. The summed E-state index contributed by atoms with van der Waals surface area (Å²) in [6.07, 6.45) is 6.49. The summed E-state index contributed by atoms with van der Waals surface area (Å²) >= 11 is 1.57. The van der Waals surface area contributed by atoms with Gasteiger partial charge in [-0.3, -0.25) is 5.43 Å². The maximum absolute atomic E-state index is 5.37. The maximum atomic E-state index is 5.37. The van der Waals surface area contributed by atoms with Crippen LogP contribution in [0.3, 0.4) is 0 Å². The second-order valence-electron chi connectivity index (χ2n) is 4.82. The lowest BCUT2D eigenvalue weighted by Crippen LogP contribution is -2.14. The van der Waals surface area contributed by atoms with Crippen LogP contribution in [0.1, 0.15) is 6.42 Å². The zero-order valence-electron chi connectivity index (χ0n) is 12.4. The summed E-state index contributed by atoms with van der Waals surface area (Å²) < 4.78 is 11.8. The number of hydrogen-bond acceptors (Lipinski definition) is 6. The first kappa shape index (κ1) is 14.7. The Bertz CT molecular complexity index is 716. The molecule has 1 atom stereocenters. The van der Waals surface area contributed by atoms with E-state index in [1.165, 1.54) is 0 Å². The number of benzene rings is 1. The molecule has 3 rings (SSSR count). The number of aromatic nitrogens is 1. The van der Waals surface area contributed by atoms with E-state index in [-0.39, 0.29) is 6.10 Å². The van der Waals surface area contributed by atoms with Crippen molar-refractivity contribution in [2.45, 2.75) is 12.5 Å². The number of fused-ring (bicyclic) bond motifs is 1. The predicted octanol–water partition coefficient (Wildman–Crippen LogP) is 3.57. The van der Waals surface area contributed by atoms with Crippen molar-refractivity contribution >= 4 is 32.9 Å². The number of hydrazone groups is 1. The van der Waals surface area contributed by atoms with Gasteiger partial charge in [-0.25, -0.2) is 4.98 Å². The summed E-state index contributed by atoms with van der Waals surface area (Å²) in [6.45, 7) is 0. The van der Waals surface area contributed by atoms with E-state index < -0.39 is 0 Å². The van der Waals surface area contributed by atoms with E-state index in [0.29, 0.717) is 0 Å². The highest BCUT2D eigenvalue weighted by molar-refractivity contribution is 7.22. The second-order valence-corrected chi connectivity index (χ2v) is 5.85. The van der Waals surface area contributed by atoms with E-state index in [1.54, 1.807) is 31.8 Å². The van der Waals surface area contributed by atoms with Gasteiger partial charge in [0.15, 0.2) is 0 Å². The van der Waals surface area contributed by atoms with Gasteiger partial charge in [-0.05, 0) is 29.9 Å². The first-order valence-corrected chi connectivity index (χ1v) is 7.74. The molecule has 0 saturated heterocycles. The van der Waals surface area contributed by atoms with Crippen molar-refractivity contribution in [3.63, 3.8) is 0 Å². The van der Waals surface area contributed by atoms with Gasteiger partial charge in [0, 0.05) is 13.5 Å². The van der Waals surface area contributed by atoms with Crippen LogP contribution in [0.5, 0.6) is 0 Å². The van der Waals surface area contributed by atoms with E-state index >= 15 is 0 Å². The van der Waals surface area contributed by atoms with E-state index in [1.807, 2.05) is 36.4 Å². The van der Waals surface area contributed by atoms with E-state index in [9.17, 15) is 0 Å². The molecule has 1 aromatic carbocycles. The van der Waals surface area contributed by atoms with Crippen molar-refractivity contribution in [1.82, 2.24) is 4.98 Å². The van der Waals surface area contributed by atoms with E-state index in [4.69, 9.17) is 9.47 Å². The summed E-state index contributed by atoms with van der Waals surface area (Å²) in [4.78, 5) is 4.47. The van der Waals surface area contributed by atoms with Gasteiger partial charge in [0.1, 0.15) is 0 Å². The third-order valence-electron chi connectivity index (χ3n) is 3.34. The number of ether oxygens (including phenoxy) is 2. The molecule has 1 aliphatic rings. The van der Waals surface area contributed by atoms with Gasteiger partial charge in [-0.1, -0.05) is 23.5 Å². The van der Waals surface area contributed by atoms with Gasteiger partial charge in [0.25, 0.3) is 0 Å². The minimum absolute atomic E-state index is 0.0175. The monoisotopic (exact) mass is 315 g/mol. The molecule has 0 fully saturated rings. The van der Waals surface area contributed by atoms with Crippen LogP contribution in [-0.4, -0.2) is 31.5 Å². The fraction of sp³-hybridized carbons (Fsp3) is 0.250. The first-order chi connectivity index (χ1) is 10.8. The van der Waals surface area contributed by atoms with Crippen LogP contribution in [0.25, 0.3) is 10.2 Å². The average molecular weight is 315 g/mol. The van der Waals surface area contributed by atoms with Crippen LogP contribution in [0.2, 0.25) is 0 Å². The summed E-state index contributed by atoms with van der Waals surface area (Å²) in [6, 6.07) is 8.01.